The van der Waals surface area contributed by atoms with Crippen molar-refractivity contribution in [2.45, 2.75) is 17.9 Å². The van der Waals surface area contributed by atoms with Crippen molar-refractivity contribution in [3.8, 4) is 0 Å². The lowest BCUT2D eigenvalue weighted by atomic mass is 10.2. The van der Waals surface area contributed by atoms with Crippen molar-refractivity contribution in [3.63, 3.8) is 0 Å². The number of halogens is 1. The van der Waals surface area contributed by atoms with E-state index in [0.29, 0.717) is 5.69 Å². The molecule has 30 heavy (non-hydrogen) atoms. The van der Waals surface area contributed by atoms with Crippen LogP contribution in [0.1, 0.15) is 17.5 Å². The molecule has 3 aromatic rings. The molecule has 1 unspecified atom stereocenters. The van der Waals surface area contributed by atoms with Gasteiger partial charge in [0.25, 0.3) is 15.9 Å². The molecule has 1 atom stereocenters. The second-order valence-electron chi connectivity index (χ2n) is 6.30. The Morgan fingerprint density at radius 3 is 2.20 bits per heavy atom. The smallest absolute Gasteiger partial charge is 0.287 e. The molecule has 0 bridgehead atoms. The standard InChI is InChI=1S/C20H18FN3O5S/c1-13(22-20(26)18-3-2-12-29-18)19(25)23-15-6-8-16(9-7-15)24-30(27,28)17-10-4-14(21)5-11-17/h2-13,24H,1H3,(H,22,26)(H,23,25). The van der Waals surface area contributed by atoms with Crippen LogP contribution in [0.3, 0.4) is 0 Å². The molecule has 1 aromatic heterocycles. The summed E-state index contributed by atoms with van der Waals surface area (Å²) in [5.74, 6) is -1.43. The van der Waals surface area contributed by atoms with Gasteiger partial charge in [0.2, 0.25) is 5.91 Å². The molecule has 2 amide bonds. The Morgan fingerprint density at radius 1 is 0.967 bits per heavy atom. The quantitative estimate of drug-likeness (QED) is 0.532. The Hall–Kier alpha value is -3.66. The second kappa shape index (κ2) is 8.78. The highest BCUT2D eigenvalue weighted by Gasteiger charge is 2.18. The summed E-state index contributed by atoms with van der Waals surface area (Å²) in [4.78, 5) is 24.1. The zero-order valence-corrected chi connectivity index (χ0v) is 16.6. The minimum absolute atomic E-state index is 0.0811. The molecule has 3 N–H and O–H groups in total. The predicted octanol–water partition coefficient (Wildman–Crippen LogP) is 2.98. The van der Waals surface area contributed by atoms with Gasteiger partial charge in [-0.15, -0.1) is 0 Å². The van der Waals surface area contributed by atoms with Gasteiger partial charge < -0.3 is 15.1 Å². The first-order chi connectivity index (χ1) is 14.2. The van der Waals surface area contributed by atoms with E-state index in [-0.39, 0.29) is 16.3 Å². The van der Waals surface area contributed by atoms with Gasteiger partial charge in [-0.05, 0) is 67.6 Å². The summed E-state index contributed by atoms with van der Waals surface area (Å²) in [6.07, 6.45) is 1.35. The predicted molar refractivity (Wildman–Crippen MR) is 108 cm³/mol. The van der Waals surface area contributed by atoms with Gasteiger partial charge in [-0.3, -0.25) is 14.3 Å². The van der Waals surface area contributed by atoms with Crippen molar-refractivity contribution >= 4 is 33.2 Å². The lowest BCUT2D eigenvalue weighted by Gasteiger charge is -2.14. The highest BCUT2D eigenvalue weighted by Crippen LogP contribution is 2.19. The van der Waals surface area contributed by atoms with Crippen LogP contribution in [0.5, 0.6) is 0 Å². The number of hydrogen-bond donors (Lipinski definition) is 3. The molecule has 1 heterocycles. The largest absolute Gasteiger partial charge is 0.459 e. The normalized spacial score (nSPS) is 12.1. The third-order valence-electron chi connectivity index (χ3n) is 4.01. The van der Waals surface area contributed by atoms with E-state index in [1.54, 1.807) is 6.07 Å². The van der Waals surface area contributed by atoms with Gasteiger partial charge in [-0.25, -0.2) is 12.8 Å². The SMILES string of the molecule is CC(NC(=O)c1ccco1)C(=O)Nc1ccc(NS(=O)(=O)c2ccc(F)cc2)cc1. The number of anilines is 2. The first kappa shape index (κ1) is 21.1. The Balaban J connectivity index is 1.59. The van der Waals surface area contributed by atoms with Gasteiger partial charge in [0.05, 0.1) is 11.2 Å². The molecular formula is C20H18FN3O5S. The number of nitrogens with one attached hydrogen (secondary N) is 3. The minimum Gasteiger partial charge on any atom is -0.459 e. The molecule has 0 saturated heterocycles. The molecule has 0 saturated carbocycles. The average molecular weight is 431 g/mol. The van der Waals surface area contributed by atoms with E-state index in [2.05, 4.69) is 15.4 Å². The fraction of sp³-hybridized carbons (Fsp3) is 0.100. The Bertz CT molecular complexity index is 1130. The van der Waals surface area contributed by atoms with Crippen LogP contribution in [0.15, 0.2) is 76.2 Å². The second-order valence-corrected chi connectivity index (χ2v) is 7.98. The molecule has 3 rings (SSSR count). The van der Waals surface area contributed by atoms with Crippen LogP contribution in [0.2, 0.25) is 0 Å². The zero-order chi connectivity index (χ0) is 21.7. The monoisotopic (exact) mass is 431 g/mol. The topological polar surface area (TPSA) is 118 Å². The number of furan rings is 1. The lowest BCUT2D eigenvalue weighted by Crippen LogP contribution is -2.41. The fourth-order valence-electron chi connectivity index (χ4n) is 2.44. The van der Waals surface area contributed by atoms with Crippen LogP contribution in [-0.4, -0.2) is 26.3 Å². The van der Waals surface area contributed by atoms with Crippen molar-refractivity contribution in [2.24, 2.45) is 0 Å². The molecule has 0 fully saturated rings. The van der Waals surface area contributed by atoms with Crippen LogP contribution >= 0.6 is 0 Å². The number of hydrogen-bond acceptors (Lipinski definition) is 5. The van der Waals surface area contributed by atoms with Crippen molar-refractivity contribution in [1.29, 1.82) is 0 Å². The van der Waals surface area contributed by atoms with E-state index < -0.39 is 33.7 Å². The minimum atomic E-state index is -3.87. The van der Waals surface area contributed by atoms with Crippen molar-refractivity contribution in [2.75, 3.05) is 10.0 Å². The molecule has 0 aliphatic heterocycles. The van der Waals surface area contributed by atoms with Crippen LogP contribution in [0, 0.1) is 5.82 Å². The summed E-state index contributed by atoms with van der Waals surface area (Å²) in [5, 5.41) is 5.12. The van der Waals surface area contributed by atoms with E-state index in [0.717, 1.165) is 24.3 Å². The van der Waals surface area contributed by atoms with E-state index in [9.17, 15) is 22.4 Å². The van der Waals surface area contributed by atoms with Gasteiger partial charge in [0, 0.05) is 11.4 Å². The van der Waals surface area contributed by atoms with E-state index >= 15 is 0 Å². The molecule has 156 valence electrons. The molecule has 0 aliphatic carbocycles. The number of rotatable bonds is 7. The summed E-state index contributed by atoms with van der Waals surface area (Å²) >= 11 is 0. The zero-order valence-electron chi connectivity index (χ0n) is 15.8. The Labute approximate surface area is 172 Å². The van der Waals surface area contributed by atoms with Gasteiger partial charge in [-0.1, -0.05) is 0 Å². The molecule has 0 aliphatic rings. The number of carbonyl (C=O) groups excluding carboxylic acids is 2. The fourth-order valence-corrected chi connectivity index (χ4v) is 3.50. The van der Waals surface area contributed by atoms with Gasteiger partial charge in [0.1, 0.15) is 11.9 Å². The van der Waals surface area contributed by atoms with Crippen molar-refractivity contribution < 1.29 is 26.8 Å². The number of benzene rings is 2. The van der Waals surface area contributed by atoms with Gasteiger partial charge in [-0.2, -0.15) is 0 Å². The van der Waals surface area contributed by atoms with Crippen molar-refractivity contribution in [1.82, 2.24) is 5.32 Å². The van der Waals surface area contributed by atoms with E-state index in [1.807, 2.05) is 0 Å². The summed E-state index contributed by atoms with van der Waals surface area (Å²) in [5.41, 5.74) is 0.667. The van der Waals surface area contributed by atoms with Gasteiger partial charge >= 0.3 is 0 Å². The van der Waals surface area contributed by atoms with Crippen LogP contribution < -0.4 is 15.4 Å². The Morgan fingerprint density at radius 2 is 1.60 bits per heavy atom. The summed E-state index contributed by atoms with van der Waals surface area (Å²) < 4.78 is 44.9. The first-order valence-electron chi connectivity index (χ1n) is 8.78. The highest BCUT2D eigenvalue weighted by molar-refractivity contribution is 7.92. The average Bonchev–Trinajstić information content (AvgIpc) is 3.24. The molecule has 8 nitrogen and oxygen atoms in total. The number of carbonyl (C=O) groups is 2. The number of amides is 2. The molecule has 0 radical (unpaired) electrons. The third-order valence-corrected chi connectivity index (χ3v) is 5.41. The van der Waals surface area contributed by atoms with Crippen LogP contribution in [0.25, 0.3) is 0 Å². The van der Waals surface area contributed by atoms with Gasteiger partial charge in [0.15, 0.2) is 5.76 Å². The lowest BCUT2D eigenvalue weighted by molar-refractivity contribution is -0.117. The first-order valence-corrected chi connectivity index (χ1v) is 10.3. The Kier molecular flexibility index (Phi) is 6.17. The maximum absolute atomic E-state index is 13.0. The summed E-state index contributed by atoms with van der Waals surface area (Å²) in [7, 11) is -3.87. The van der Waals surface area contributed by atoms with Crippen LogP contribution in [0.4, 0.5) is 15.8 Å². The molecular weight excluding hydrogens is 413 g/mol. The van der Waals surface area contributed by atoms with E-state index in [1.165, 1.54) is 43.5 Å². The third kappa shape index (κ3) is 5.23. The maximum Gasteiger partial charge on any atom is 0.287 e. The molecule has 10 heteroatoms. The molecule has 2 aromatic carbocycles. The maximum atomic E-state index is 13.0. The van der Waals surface area contributed by atoms with E-state index in [4.69, 9.17) is 4.42 Å². The summed E-state index contributed by atoms with van der Waals surface area (Å²) in [6, 6.07) is 12.6. The van der Waals surface area contributed by atoms with Crippen molar-refractivity contribution in [3.05, 3.63) is 78.5 Å². The molecule has 0 spiro atoms. The highest BCUT2D eigenvalue weighted by atomic mass is 32.2. The summed E-state index contributed by atoms with van der Waals surface area (Å²) in [6.45, 7) is 1.52. The van der Waals surface area contributed by atoms with Crippen LogP contribution in [-0.2, 0) is 14.8 Å². The number of sulfonamides is 1.